The van der Waals surface area contributed by atoms with Crippen molar-refractivity contribution in [2.45, 2.75) is 45.2 Å². The van der Waals surface area contributed by atoms with Crippen LogP contribution in [0, 0.1) is 11.8 Å². The van der Waals surface area contributed by atoms with Gasteiger partial charge in [0.25, 0.3) is 0 Å². The lowest BCUT2D eigenvalue weighted by atomic mass is 9.73. The highest BCUT2D eigenvalue weighted by molar-refractivity contribution is 6.32. The van der Waals surface area contributed by atoms with Crippen LogP contribution in [0.3, 0.4) is 0 Å². The molecule has 2 N–H and O–H groups in total. The van der Waals surface area contributed by atoms with Gasteiger partial charge in [-0.25, -0.2) is 0 Å². The molecule has 2 unspecified atom stereocenters. The highest BCUT2D eigenvalue weighted by atomic mass is 35.5. The molecule has 0 aromatic heterocycles. The first-order chi connectivity index (χ1) is 10.0. The van der Waals surface area contributed by atoms with Crippen LogP contribution in [0.25, 0.3) is 0 Å². The van der Waals surface area contributed by atoms with Crippen LogP contribution < -0.4 is 5.32 Å². The SMILES string of the molecule is CC(C)N1CC2CCCC(C1)C2Nc1ccc(O)c(Cl)c1. The number of halogens is 1. The number of phenols is 1. The maximum absolute atomic E-state index is 9.54. The quantitative estimate of drug-likeness (QED) is 0.830. The molecule has 3 nitrogen and oxygen atoms in total. The van der Waals surface area contributed by atoms with Crippen molar-refractivity contribution < 1.29 is 5.11 Å². The number of hydrogen-bond donors (Lipinski definition) is 2. The number of fused-ring (bicyclic) bond motifs is 2. The molecule has 1 heterocycles. The van der Waals surface area contributed by atoms with Crippen molar-refractivity contribution in [1.82, 2.24) is 4.90 Å². The van der Waals surface area contributed by atoms with Crippen molar-refractivity contribution in [3.05, 3.63) is 23.2 Å². The van der Waals surface area contributed by atoms with Crippen molar-refractivity contribution in [2.24, 2.45) is 11.8 Å². The Hall–Kier alpha value is -0.930. The number of phenolic OH excluding ortho intramolecular Hbond substituents is 1. The van der Waals surface area contributed by atoms with E-state index in [-0.39, 0.29) is 5.75 Å². The predicted molar refractivity (Wildman–Crippen MR) is 88.1 cm³/mol. The van der Waals surface area contributed by atoms with Crippen LogP contribution in [0.1, 0.15) is 33.1 Å². The molecule has 1 aromatic carbocycles. The highest BCUT2D eigenvalue weighted by Crippen LogP contribution is 2.38. The third-order valence-electron chi connectivity index (χ3n) is 5.11. The highest BCUT2D eigenvalue weighted by Gasteiger charge is 2.39. The van der Waals surface area contributed by atoms with Crippen molar-refractivity contribution in [3.63, 3.8) is 0 Å². The number of nitrogens with zero attached hydrogens (tertiary/aromatic N) is 1. The minimum atomic E-state index is 0.150. The summed E-state index contributed by atoms with van der Waals surface area (Å²) in [5, 5.41) is 13.6. The van der Waals surface area contributed by atoms with Crippen LogP contribution in [-0.2, 0) is 0 Å². The lowest BCUT2D eigenvalue weighted by Crippen LogP contribution is -2.56. The fourth-order valence-electron chi connectivity index (χ4n) is 3.92. The van der Waals surface area contributed by atoms with Gasteiger partial charge in [0.05, 0.1) is 5.02 Å². The summed E-state index contributed by atoms with van der Waals surface area (Å²) in [7, 11) is 0. The van der Waals surface area contributed by atoms with Crippen LogP contribution in [0.5, 0.6) is 5.75 Å². The van der Waals surface area contributed by atoms with Crippen molar-refractivity contribution in [1.29, 1.82) is 0 Å². The first kappa shape index (κ1) is 15.0. The van der Waals surface area contributed by atoms with E-state index in [4.69, 9.17) is 11.6 Å². The number of piperidine rings is 1. The lowest BCUT2D eigenvalue weighted by Gasteiger charge is -2.49. The maximum Gasteiger partial charge on any atom is 0.134 e. The van der Waals surface area contributed by atoms with Crippen molar-refractivity contribution >= 4 is 17.3 Å². The van der Waals surface area contributed by atoms with Crippen LogP contribution in [0.2, 0.25) is 5.02 Å². The molecule has 1 saturated heterocycles. The Kier molecular flexibility index (Phi) is 4.32. The molecule has 4 heteroatoms. The molecule has 1 aliphatic carbocycles. The number of anilines is 1. The number of rotatable bonds is 3. The molecule has 2 bridgehead atoms. The zero-order chi connectivity index (χ0) is 15.0. The zero-order valence-electron chi connectivity index (χ0n) is 12.8. The van der Waals surface area contributed by atoms with Gasteiger partial charge < -0.3 is 15.3 Å². The van der Waals surface area contributed by atoms with Gasteiger partial charge in [0.15, 0.2) is 0 Å². The number of benzene rings is 1. The van der Waals surface area contributed by atoms with Gasteiger partial charge in [-0.2, -0.15) is 0 Å². The number of nitrogens with one attached hydrogen (secondary N) is 1. The molecular formula is C17H25ClN2O. The minimum Gasteiger partial charge on any atom is -0.506 e. The average molecular weight is 309 g/mol. The van der Waals surface area contributed by atoms with E-state index in [9.17, 15) is 5.11 Å². The second-order valence-corrected chi connectivity index (χ2v) is 7.24. The summed E-state index contributed by atoms with van der Waals surface area (Å²) in [6.45, 7) is 6.97. The monoisotopic (exact) mass is 308 g/mol. The average Bonchev–Trinajstić information content (AvgIpc) is 2.42. The Bertz CT molecular complexity index is 492. The van der Waals surface area contributed by atoms with E-state index < -0.39 is 0 Å². The molecule has 1 aliphatic heterocycles. The smallest absolute Gasteiger partial charge is 0.134 e. The summed E-state index contributed by atoms with van der Waals surface area (Å²) in [6, 6.07) is 6.60. The molecule has 1 aromatic rings. The van der Waals surface area contributed by atoms with E-state index in [2.05, 4.69) is 24.1 Å². The van der Waals surface area contributed by atoms with E-state index in [0.29, 0.717) is 28.9 Å². The second kappa shape index (κ2) is 6.05. The molecular weight excluding hydrogens is 284 g/mol. The predicted octanol–water partition coefficient (Wildman–Crippen LogP) is 3.97. The summed E-state index contributed by atoms with van der Waals surface area (Å²) in [4.78, 5) is 2.62. The molecule has 21 heavy (non-hydrogen) atoms. The van der Waals surface area contributed by atoms with E-state index in [1.54, 1.807) is 6.07 Å². The molecule has 2 atom stereocenters. The first-order valence-corrected chi connectivity index (χ1v) is 8.41. The standard InChI is InChI=1S/C17H25ClN2O/c1-11(2)20-9-12-4-3-5-13(10-20)17(12)19-14-6-7-16(21)15(18)8-14/h6-8,11-13,17,19,21H,3-5,9-10H2,1-2H3. The van der Waals surface area contributed by atoms with Crippen LogP contribution in [-0.4, -0.2) is 35.2 Å². The summed E-state index contributed by atoms with van der Waals surface area (Å²) in [6.07, 6.45) is 3.97. The van der Waals surface area contributed by atoms with Crippen molar-refractivity contribution in [2.75, 3.05) is 18.4 Å². The van der Waals surface area contributed by atoms with E-state index in [0.717, 1.165) is 5.69 Å². The Morgan fingerprint density at radius 2 is 1.90 bits per heavy atom. The summed E-state index contributed by atoms with van der Waals surface area (Å²) >= 11 is 6.02. The Morgan fingerprint density at radius 3 is 2.48 bits per heavy atom. The maximum atomic E-state index is 9.54. The van der Waals surface area contributed by atoms with Gasteiger partial charge in [-0.1, -0.05) is 18.0 Å². The number of aromatic hydroxyl groups is 1. The second-order valence-electron chi connectivity index (χ2n) is 6.84. The molecule has 116 valence electrons. The third-order valence-corrected chi connectivity index (χ3v) is 5.42. The van der Waals surface area contributed by atoms with E-state index >= 15 is 0 Å². The Labute approximate surface area is 132 Å². The number of hydrogen-bond acceptors (Lipinski definition) is 3. The number of likely N-dealkylation sites (tertiary alicyclic amines) is 1. The fourth-order valence-corrected chi connectivity index (χ4v) is 4.10. The Morgan fingerprint density at radius 1 is 1.24 bits per heavy atom. The van der Waals surface area contributed by atoms with Gasteiger partial charge in [0.2, 0.25) is 0 Å². The normalized spacial score (nSPS) is 29.6. The first-order valence-electron chi connectivity index (χ1n) is 8.03. The van der Waals surface area contributed by atoms with Gasteiger partial charge in [-0.15, -0.1) is 0 Å². The van der Waals surface area contributed by atoms with E-state index in [1.165, 1.54) is 32.4 Å². The summed E-state index contributed by atoms with van der Waals surface area (Å²) < 4.78 is 0. The molecule has 2 fully saturated rings. The molecule has 0 spiro atoms. The zero-order valence-corrected chi connectivity index (χ0v) is 13.6. The molecule has 3 rings (SSSR count). The third kappa shape index (κ3) is 3.14. The van der Waals surface area contributed by atoms with Crippen LogP contribution >= 0.6 is 11.6 Å². The van der Waals surface area contributed by atoms with Gasteiger partial charge in [0, 0.05) is 30.9 Å². The Balaban J connectivity index is 1.74. The van der Waals surface area contributed by atoms with Crippen LogP contribution in [0.15, 0.2) is 18.2 Å². The fraction of sp³-hybridized carbons (Fsp3) is 0.647. The topological polar surface area (TPSA) is 35.5 Å². The lowest BCUT2D eigenvalue weighted by molar-refractivity contribution is 0.0518. The van der Waals surface area contributed by atoms with Gasteiger partial charge in [-0.3, -0.25) is 0 Å². The minimum absolute atomic E-state index is 0.150. The molecule has 1 saturated carbocycles. The van der Waals surface area contributed by atoms with Crippen molar-refractivity contribution in [3.8, 4) is 5.75 Å². The molecule has 0 radical (unpaired) electrons. The summed E-state index contributed by atoms with van der Waals surface area (Å²) in [5.41, 5.74) is 1.03. The van der Waals surface area contributed by atoms with Gasteiger partial charge in [-0.05, 0) is 56.7 Å². The largest absolute Gasteiger partial charge is 0.506 e. The van der Waals surface area contributed by atoms with Gasteiger partial charge >= 0.3 is 0 Å². The molecule has 0 amide bonds. The van der Waals surface area contributed by atoms with E-state index in [1.807, 2.05) is 12.1 Å². The van der Waals surface area contributed by atoms with Gasteiger partial charge in [0.1, 0.15) is 5.75 Å². The molecule has 2 aliphatic rings. The van der Waals surface area contributed by atoms with Crippen LogP contribution in [0.4, 0.5) is 5.69 Å². The summed E-state index contributed by atoms with van der Waals surface area (Å²) in [5.74, 6) is 1.58.